The van der Waals surface area contributed by atoms with Gasteiger partial charge in [0.2, 0.25) is 5.89 Å². The fraction of sp³-hybridized carbons (Fsp3) is 0.0667. The van der Waals surface area contributed by atoms with E-state index in [4.69, 9.17) is 16.0 Å². The quantitative estimate of drug-likeness (QED) is 0.745. The van der Waals surface area contributed by atoms with Crippen molar-refractivity contribution in [2.24, 2.45) is 0 Å². The summed E-state index contributed by atoms with van der Waals surface area (Å²) in [6.45, 7) is 0.278. The first kappa shape index (κ1) is 13.6. The summed E-state index contributed by atoms with van der Waals surface area (Å²) in [4.78, 5) is 11.8. The predicted octanol–water partition coefficient (Wildman–Crippen LogP) is 3.34. The second-order valence-electron chi connectivity index (χ2n) is 4.46. The molecule has 6 heteroatoms. The Balaban J connectivity index is 1.89. The van der Waals surface area contributed by atoms with E-state index < -0.39 is 5.76 Å². The summed E-state index contributed by atoms with van der Waals surface area (Å²) in [5, 5.41) is 4.73. The molecule has 0 saturated heterocycles. The highest BCUT2D eigenvalue weighted by Crippen LogP contribution is 2.16. The molecule has 3 aromatic rings. The molecule has 2 aromatic carbocycles. The molecule has 1 heterocycles. The van der Waals surface area contributed by atoms with Gasteiger partial charge in [-0.15, -0.1) is 5.10 Å². The fourth-order valence-corrected chi connectivity index (χ4v) is 2.00. The van der Waals surface area contributed by atoms with E-state index in [1.165, 1.54) is 28.9 Å². The molecule has 0 fully saturated rings. The van der Waals surface area contributed by atoms with Crippen molar-refractivity contribution in [1.82, 2.24) is 9.78 Å². The van der Waals surface area contributed by atoms with Crippen LogP contribution in [0.1, 0.15) is 5.56 Å². The van der Waals surface area contributed by atoms with E-state index >= 15 is 0 Å². The molecule has 0 unspecified atom stereocenters. The Labute approximate surface area is 124 Å². The zero-order chi connectivity index (χ0) is 14.8. The molecule has 0 spiro atoms. The minimum absolute atomic E-state index is 0.161. The Morgan fingerprint density at radius 2 is 1.76 bits per heavy atom. The van der Waals surface area contributed by atoms with Crippen LogP contribution in [0.2, 0.25) is 5.02 Å². The van der Waals surface area contributed by atoms with Crippen LogP contribution in [-0.2, 0) is 6.54 Å². The SMILES string of the molecule is O=c1oc(-c2ccc(F)cc2)nn1Cc1ccc(Cl)cc1. The number of hydrogen-bond acceptors (Lipinski definition) is 3. The van der Waals surface area contributed by atoms with Gasteiger partial charge in [-0.1, -0.05) is 23.7 Å². The molecule has 0 saturated carbocycles. The second kappa shape index (κ2) is 5.54. The van der Waals surface area contributed by atoms with Gasteiger partial charge in [-0.05, 0) is 42.0 Å². The van der Waals surface area contributed by atoms with Gasteiger partial charge < -0.3 is 4.42 Å². The first-order valence-electron chi connectivity index (χ1n) is 6.20. The Hall–Kier alpha value is -2.40. The molecule has 1 aromatic heterocycles. The molecule has 0 N–H and O–H groups in total. The lowest BCUT2D eigenvalue weighted by Gasteiger charge is -1.99. The van der Waals surface area contributed by atoms with Gasteiger partial charge in [-0.2, -0.15) is 4.68 Å². The molecule has 3 rings (SSSR count). The van der Waals surface area contributed by atoms with Gasteiger partial charge in [-0.25, -0.2) is 9.18 Å². The average molecular weight is 305 g/mol. The molecule has 0 aliphatic carbocycles. The van der Waals surface area contributed by atoms with Crippen LogP contribution in [0.4, 0.5) is 4.39 Å². The van der Waals surface area contributed by atoms with Gasteiger partial charge in [0.15, 0.2) is 0 Å². The maximum Gasteiger partial charge on any atom is 0.437 e. The first-order chi connectivity index (χ1) is 10.1. The van der Waals surface area contributed by atoms with Crippen molar-refractivity contribution in [1.29, 1.82) is 0 Å². The Morgan fingerprint density at radius 3 is 2.43 bits per heavy atom. The van der Waals surface area contributed by atoms with Gasteiger partial charge in [0.25, 0.3) is 0 Å². The standard InChI is InChI=1S/C15H10ClFN2O2/c16-12-5-1-10(2-6-12)9-19-15(20)21-14(18-19)11-3-7-13(17)8-4-11/h1-8H,9H2. The minimum atomic E-state index is -0.565. The number of aromatic nitrogens is 2. The molecular formula is C15H10ClFN2O2. The maximum atomic E-state index is 12.9. The van der Waals surface area contributed by atoms with Crippen molar-refractivity contribution < 1.29 is 8.81 Å². The third kappa shape index (κ3) is 3.03. The lowest BCUT2D eigenvalue weighted by atomic mass is 10.2. The Morgan fingerprint density at radius 1 is 1.10 bits per heavy atom. The molecular weight excluding hydrogens is 295 g/mol. The third-order valence-corrected chi connectivity index (χ3v) is 3.20. The average Bonchev–Trinajstić information content (AvgIpc) is 2.83. The highest BCUT2D eigenvalue weighted by atomic mass is 35.5. The minimum Gasteiger partial charge on any atom is -0.388 e. The van der Waals surface area contributed by atoms with Crippen molar-refractivity contribution in [3.05, 3.63) is 75.5 Å². The molecule has 0 aliphatic heterocycles. The van der Waals surface area contributed by atoms with Gasteiger partial charge in [0.1, 0.15) is 5.82 Å². The molecule has 0 atom stereocenters. The summed E-state index contributed by atoms with van der Waals surface area (Å²) in [5.41, 5.74) is 1.42. The number of hydrogen-bond donors (Lipinski definition) is 0. The molecule has 0 bridgehead atoms. The lowest BCUT2D eigenvalue weighted by molar-refractivity contribution is 0.495. The van der Waals surface area contributed by atoms with Crippen LogP contribution in [0.25, 0.3) is 11.5 Å². The van der Waals surface area contributed by atoms with E-state index in [0.29, 0.717) is 10.6 Å². The number of nitrogens with zero attached hydrogens (tertiary/aromatic N) is 2. The predicted molar refractivity (Wildman–Crippen MR) is 76.7 cm³/mol. The molecule has 0 amide bonds. The monoisotopic (exact) mass is 304 g/mol. The second-order valence-corrected chi connectivity index (χ2v) is 4.90. The lowest BCUT2D eigenvalue weighted by Crippen LogP contribution is -2.16. The zero-order valence-corrected chi connectivity index (χ0v) is 11.5. The summed E-state index contributed by atoms with van der Waals surface area (Å²) in [5.74, 6) is -0.764. The van der Waals surface area contributed by atoms with Crippen LogP contribution < -0.4 is 5.76 Å². The van der Waals surface area contributed by atoms with E-state index in [-0.39, 0.29) is 18.3 Å². The highest BCUT2D eigenvalue weighted by Gasteiger charge is 2.10. The molecule has 0 radical (unpaired) electrons. The third-order valence-electron chi connectivity index (χ3n) is 2.94. The smallest absolute Gasteiger partial charge is 0.388 e. The van der Waals surface area contributed by atoms with Crippen molar-refractivity contribution in [2.45, 2.75) is 6.54 Å². The van der Waals surface area contributed by atoms with Crippen molar-refractivity contribution in [2.75, 3.05) is 0 Å². The molecule has 106 valence electrons. The molecule has 21 heavy (non-hydrogen) atoms. The van der Waals surface area contributed by atoms with E-state index in [0.717, 1.165) is 5.56 Å². The first-order valence-corrected chi connectivity index (χ1v) is 6.58. The Kier molecular flexibility index (Phi) is 3.58. The van der Waals surface area contributed by atoms with Crippen LogP contribution >= 0.6 is 11.6 Å². The van der Waals surface area contributed by atoms with Crippen LogP contribution in [0, 0.1) is 5.82 Å². The van der Waals surface area contributed by atoms with E-state index in [9.17, 15) is 9.18 Å². The van der Waals surface area contributed by atoms with Gasteiger partial charge in [0.05, 0.1) is 6.54 Å². The van der Waals surface area contributed by atoms with E-state index in [1.807, 2.05) is 0 Å². The van der Waals surface area contributed by atoms with Gasteiger partial charge in [0, 0.05) is 10.6 Å². The maximum absolute atomic E-state index is 12.9. The highest BCUT2D eigenvalue weighted by molar-refractivity contribution is 6.30. The summed E-state index contributed by atoms with van der Waals surface area (Å²) in [6.07, 6.45) is 0. The van der Waals surface area contributed by atoms with E-state index in [2.05, 4.69) is 5.10 Å². The molecule has 4 nitrogen and oxygen atoms in total. The topological polar surface area (TPSA) is 48.0 Å². The van der Waals surface area contributed by atoms with Crippen LogP contribution in [-0.4, -0.2) is 9.78 Å². The Bertz CT molecular complexity index is 807. The van der Waals surface area contributed by atoms with Gasteiger partial charge in [-0.3, -0.25) is 0 Å². The largest absolute Gasteiger partial charge is 0.437 e. The summed E-state index contributed by atoms with van der Waals surface area (Å²) in [7, 11) is 0. The van der Waals surface area contributed by atoms with Crippen LogP contribution in [0.15, 0.2) is 57.7 Å². The van der Waals surface area contributed by atoms with Crippen molar-refractivity contribution >= 4 is 11.6 Å². The number of rotatable bonds is 3. The van der Waals surface area contributed by atoms with Crippen molar-refractivity contribution in [3.63, 3.8) is 0 Å². The zero-order valence-electron chi connectivity index (χ0n) is 10.8. The summed E-state index contributed by atoms with van der Waals surface area (Å²) >= 11 is 5.81. The van der Waals surface area contributed by atoms with E-state index in [1.54, 1.807) is 24.3 Å². The summed E-state index contributed by atoms with van der Waals surface area (Å²) < 4.78 is 19.2. The van der Waals surface area contributed by atoms with Crippen molar-refractivity contribution in [3.8, 4) is 11.5 Å². The fourth-order valence-electron chi connectivity index (χ4n) is 1.88. The van der Waals surface area contributed by atoms with Gasteiger partial charge >= 0.3 is 5.76 Å². The number of halogens is 2. The normalized spacial score (nSPS) is 10.8. The van der Waals surface area contributed by atoms with Crippen LogP contribution in [0.5, 0.6) is 0 Å². The summed E-state index contributed by atoms with van der Waals surface area (Å²) in [6, 6.07) is 12.7. The molecule has 0 aliphatic rings. The van der Waals surface area contributed by atoms with Crippen LogP contribution in [0.3, 0.4) is 0 Å². The number of benzene rings is 2.